The van der Waals surface area contributed by atoms with Crippen molar-refractivity contribution in [2.75, 3.05) is 19.0 Å². The lowest BCUT2D eigenvalue weighted by atomic mass is 9.91. The molecular weight excluding hydrogens is 186 g/mol. The summed E-state index contributed by atoms with van der Waals surface area (Å²) in [4.78, 5) is 6.42. The van der Waals surface area contributed by atoms with E-state index in [2.05, 4.69) is 11.1 Å². The third kappa shape index (κ3) is 1.97. The Balaban J connectivity index is 2.23. The second-order valence-electron chi connectivity index (χ2n) is 4.66. The van der Waals surface area contributed by atoms with E-state index in [1.165, 1.54) is 18.4 Å². The summed E-state index contributed by atoms with van der Waals surface area (Å²) < 4.78 is 0. The second-order valence-corrected chi connectivity index (χ2v) is 4.66. The molecule has 1 aliphatic carbocycles. The molecule has 1 aliphatic rings. The zero-order valence-electron chi connectivity index (χ0n) is 9.53. The highest BCUT2D eigenvalue weighted by atomic mass is 15.1. The van der Waals surface area contributed by atoms with Gasteiger partial charge in [0.05, 0.1) is 0 Å². The topological polar surface area (TPSA) is 42.1 Å². The molecule has 1 aromatic rings. The standard InChI is InChI=1S/C12H19N3/c1-15(2)11-6-5-10(9-14-11)12(13)7-3-4-8-12/h5-6,9H,3-4,7-8,13H2,1-2H3. The number of anilines is 1. The molecule has 0 saturated heterocycles. The summed E-state index contributed by atoms with van der Waals surface area (Å²) >= 11 is 0. The predicted molar refractivity (Wildman–Crippen MR) is 62.9 cm³/mol. The number of nitrogens with two attached hydrogens (primary N) is 1. The molecule has 2 rings (SSSR count). The van der Waals surface area contributed by atoms with Crippen LogP contribution in [-0.2, 0) is 5.54 Å². The summed E-state index contributed by atoms with van der Waals surface area (Å²) in [6, 6.07) is 4.16. The van der Waals surface area contributed by atoms with Crippen LogP contribution in [0.1, 0.15) is 31.2 Å². The van der Waals surface area contributed by atoms with Gasteiger partial charge in [-0.1, -0.05) is 18.9 Å². The van der Waals surface area contributed by atoms with Gasteiger partial charge in [0.25, 0.3) is 0 Å². The molecule has 0 radical (unpaired) electrons. The van der Waals surface area contributed by atoms with E-state index >= 15 is 0 Å². The molecule has 1 fully saturated rings. The number of hydrogen-bond acceptors (Lipinski definition) is 3. The van der Waals surface area contributed by atoms with E-state index < -0.39 is 0 Å². The van der Waals surface area contributed by atoms with Gasteiger partial charge >= 0.3 is 0 Å². The average molecular weight is 205 g/mol. The van der Waals surface area contributed by atoms with Crippen molar-refractivity contribution in [3.8, 4) is 0 Å². The quantitative estimate of drug-likeness (QED) is 0.801. The Kier molecular flexibility index (Phi) is 2.65. The Morgan fingerprint density at radius 1 is 1.27 bits per heavy atom. The molecule has 1 saturated carbocycles. The summed E-state index contributed by atoms with van der Waals surface area (Å²) in [6.07, 6.45) is 6.60. The van der Waals surface area contributed by atoms with Gasteiger partial charge in [-0.25, -0.2) is 4.98 Å². The van der Waals surface area contributed by atoms with Crippen molar-refractivity contribution in [2.45, 2.75) is 31.2 Å². The smallest absolute Gasteiger partial charge is 0.127 e. The van der Waals surface area contributed by atoms with Crippen molar-refractivity contribution in [3.05, 3.63) is 23.9 Å². The Hall–Kier alpha value is -1.09. The highest BCUT2D eigenvalue weighted by Crippen LogP contribution is 2.36. The van der Waals surface area contributed by atoms with Crippen molar-refractivity contribution in [2.24, 2.45) is 5.73 Å². The van der Waals surface area contributed by atoms with Crippen LogP contribution in [0, 0.1) is 0 Å². The number of pyridine rings is 1. The molecule has 1 aromatic heterocycles. The van der Waals surface area contributed by atoms with Gasteiger partial charge in [-0.3, -0.25) is 0 Å². The monoisotopic (exact) mass is 205 g/mol. The zero-order chi connectivity index (χ0) is 10.9. The Morgan fingerprint density at radius 3 is 2.40 bits per heavy atom. The molecule has 0 amide bonds. The van der Waals surface area contributed by atoms with Crippen LogP contribution >= 0.6 is 0 Å². The maximum Gasteiger partial charge on any atom is 0.127 e. The van der Waals surface area contributed by atoms with E-state index in [9.17, 15) is 0 Å². The summed E-state index contributed by atoms with van der Waals surface area (Å²) in [7, 11) is 3.99. The number of rotatable bonds is 2. The summed E-state index contributed by atoms with van der Waals surface area (Å²) in [5.41, 5.74) is 7.43. The van der Waals surface area contributed by atoms with Gasteiger partial charge in [-0.15, -0.1) is 0 Å². The maximum atomic E-state index is 6.35. The minimum atomic E-state index is -0.113. The van der Waals surface area contributed by atoms with Gasteiger partial charge in [-0.2, -0.15) is 0 Å². The van der Waals surface area contributed by atoms with Gasteiger partial charge < -0.3 is 10.6 Å². The Morgan fingerprint density at radius 2 is 1.93 bits per heavy atom. The zero-order valence-corrected chi connectivity index (χ0v) is 9.53. The predicted octanol–water partition coefficient (Wildman–Crippen LogP) is 1.88. The van der Waals surface area contributed by atoms with Crippen LogP contribution < -0.4 is 10.6 Å². The third-order valence-electron chi connectivity index (χ3n) is 3.28. The molecule has 0 aromatic carbocycles. The first-order valence-corrected chi connectivity index (χ1v) is 5.54. The number of nitrogens with zero attached hydrogens (tertiary/aromatic N) is 2. The molecule has 0 bridgehead atoms. The molecule has 0 spiro atoms. The lowest BCUT2D eigenvalue weighted by molar-refractivity contribution is 0.460. The van der Waals surface area contributed by atoms with Crippen molar-refractivity contribution in [3.63, 3.8) is 0 Å². The minimum Gasteiger partial charge on any atom is -0.363 e. The summed E-state index contributed by atoms with van der Waals surface area (Å²) in [5.74, 6) is 0.986. The van der Waals surface area contributed by atoms with E-state index in [4.69, 9.17) is 5.73 Å². The van der Waals surface area contributed by atoms with Crippen molar-refractivity contribution < 1.29 is 0 Å². The first-order chi connectivity index (χ1) is 7.12. The van der Waals surface area contributed by atoms with Crippen molar-refractivity contribution in [1.82, 2.24) is 4.98 Å². The molecule has 3 nitrogen and oxygen atoms in total. The fourth-order valence-electron chi connectivity index (χ4n) is 2.24. The molecule has 3 heteroatoms. The lowest BCUT2D eigenvalue weighted by Gasteiger charge is -2.24. The van der Waals surface area contributed by atoms with Crippen LogP contribution in [0.2, 0.25) is 0 Å². The van der Waals surface area contributed by atoms with Crippen LogP contribution in [0.25, 0.3) is 0 Å². The first-order valence-electron chi connectivity index (χ1n) is 5.54. The lowest BCUT2D eigenvalue weighted by Crippen LogP contribution is -2.33. The fourth-order valence-corrected chi connectivity index (χ4v) is 2.24. The van der Waals surface area contributed by atoms with Crippen molar-refractivity contribution >= 4 is 5.82 Å². The average Bonchev–Trinajstić information content (AvgIpc) is 2.67. The molecule has 0 unspecified atom stereocenters. The minimum absolute atomic E-state index is 0.113. The first kappa shape index (κ1) is 10.4. The van der Waals surface area contributed by atoms with Crippen LogP contribution in [0.3, 0.4) is 0 Å². The van der Waals surface area contributed by atoms with Crippen LogP contribution in [-0.4, -0.2) is 19.1 Å². The molecule has 82 valence electrons. The van der Waals surface area contributed by atoms with Gasteiger partial charge in [-0.05, 0) is 24.5 Å². The second kappa shape index (κ2) is 3.81. The molecular formula is C12H19N3. The molecule has 1 heterocycles. The van der Waals surface area contributed by atoms with Crippen LogP contribution in [0.4, 0.5) is 5.82 Å². The summed E-state index contributed by atoms with van der Waals surface area (Å²) in [5, 5.41) is 0. The molecule has 0 atom stereocenters. The van der Waals surface area contributed by atoms with E-state index in [0.29, 0.717) is 0 Å². The Bertz CT molecular complexity index is 323. The normalized spacial score (nSPS) is 19.1. The van der Waals surface area contributed by atoms with Gasteiger partial charge in [0, 0.05) is 25.8 Å². The van der Waals surface area contributed by atoms with E-state index in [1.807, 2.05) is 31.3 Å². The molecule has 15 heavy (non-hydrogen) atoms. The van der Waals surface area contributed by atoms with Gasteiger partial charge in [0.1, 0.15) is 5.82 Å². The highest BCUT2D eigenvalue weighted by Gasteiger charge is 2.31. The van der Waals surface area contributed by atoms with E-state index in [-0.39, 0.29) is 5.54 Å². The molecule has 0 aliphatic heterocycles. The largest absolute Gasteiger partial charge is 0.363 e. The highest BCUT2D eigenvalue weighted by molar-refractivity contribution is 5.38. The SMILES string of the molecule is CN(C)c1ccc(C2(N)CCCC2)cn1. The number of aromatic nitrogens is 1. The van der Waals surface area contributed by atoms with Gasteiger partial charge in [0.2, 0.25) is 0 Å². The summed E-state index contributed by atoms with van der Waals surface area (Å²) in [6.45, 7) is 0. The van der Waals surface area contributed by atoms with E-state index in [0.717, 1.165) is 18.7 Å². The van der Waals surface area contributed by atoms with Crippen LogP contribution in [0.5, 0.6) is 0 Å². The fraction of sp³-hybridized carbons (Fsp3) is 0.583. The third-order valence-corrected chi connectivity index (χ3v) is 3.28. The Labute approximate surface area is 91.3 Å². The van der Waals surface area contributed by atoms with E-state index in [1.54, 1.807) is 0 Å². The molecule has 2 N–H and O–H groups in total. The van der Waals surface area contributed by atoms with Gasteiger partial charge in [0.15, 0.2) is 0 Å². The van der Waals surface area contributed by atoms with Crippen LogP contribution in [0.15, 0.2) is 18.3 Å². The maximum absolute atomic E-state index is 6.35. The number of hydrogen-bond donors (Lipinski definition) is 1. The van der Waals surface area contributed by atoms with Crippen molar-refractivity contribution in [1.29, 1.82) is 0 Å².